The van der Waals surface area contributed by atoms with Crippen molar-refractivity contribution in [3.63, 3.8) is 0 Å². The van der Waals surface area contributed by atoms with Crippen LogP contribution in [0.15, 0.2) is 10.6 Å². The molecule has 106 valence electrons. The molecular weight excluding hydrogens is 264 g/mol. The van der Waals surface area contributed by atoms with E-state index < -0.39 is 6.09 Å². The second kappa shape index (κ2) is 6.84. The van der Waals surface area contributed by atoms with Crippen LogP contribution in [0.4, 0.5) is 4.79 Å². The van der Waals surface area contributed by atoms with Gasteiger partial charge in [-0.25, -0.2) is 4.79 Å². The summed E-state index contributed by atoms with van der Waals surface area (Å²) >= 11 is 1.90. The van der Waals surface area contributed by atoms with Gasteiger partial charge in [0, 0.05) is 25.4 Å². The summed E-state index contributed by atoms with van der Waals surface area (Å²) in [5, 5.41) is 4.47. The zero-order valence-electron chi connectivity index (χ0n) is 11.4. The summed E-state index contributed by atoms with van der Waals surface area (Å²) in [6, 6.07) is 1.69. The van der Waals surface area contributed by atoms with Crippen molar-refractivity contribution in [3.8, 4) is 5.88 Å². The summed E-state index contributed by atoms with van der Waals surface area (Å²) in [7, 11) is 3.25. The lowest BCUT2D eigenvalue weighted by atomic mass is 10.0. The van der Waals surface area contributed by atoms with Crippen molar-refractivity contribution >= 4 is 17.9 Å². The third kappa shape index (κ3) is 4.45. The fourth-order valence-electron chi connectivity index (χ4n) is 2.02. The number of thioether (sulfide) groups is 1. The topological polar surface area (TPSA) is 55.6 Å². The summed E-state index contributed by atoms with van der Waals surface area (Å²) in [4.78, 5) is 12.7. The highest BCUT2D eigenvalue weighted by atomic mass is 32.2. The molecule has 1 aromatic heterocycles. The Morgan fingerprint density at radius 1 is 1.47 bits per heavy atom. The number of aromatic nitrogens is 1. The predicted octanol–water partition coefficient (Wildman–Crippen LogP) is 3.30. The third-order valence-corrected chi connectivity index (χ3v) is 4.50. The predicted molar refractivity (Wildman–Crippen MR) is 74.4 cm³/mol. The van der Waals surface area contributed by atoms with Gasteiger partial charge in [-0.15, -0.1) is 0 Å². The number of hydrogen-bond donors (Lipinski definition) is 0. The van der Waals surface area contributed by atoms with E-state index in [1.54, 1.807) is 20.2 Å². The lowest BCUT2D eigenvalue weighted by Gasteiger charge is -2.20. The molecule has 19 heavy (non-hydrogen) atoms. The molecule has 1 aliphatic rings. The quantitative estimate of drug-likeness (QED) is 0.849. The van der Waals surface area contributed by atoms with Crippen molar-refractivity contribution in [3.05, 3.63) is 11.8 Å². The summed E-state index contributed by atoms with van der Waals surface area (Å²) in [5.41, 5.74) is 0. The molecule has 0 spiro atoms. The van der Waals surface area contributed by atoms with Crippen LogP contribution in [0.2, 0.25) is 0 Å². The Bertz CT molecular complexity index is 414. The summed E-state index contributed by atoms with van der Waals surface area (Å²) < 4.78 is 10.2. The monoisotopic (exact) mass is 284 g/mol. The number of ether oxygens (including phenoxy) is 1. The van der Waals surface area contributed by atoms with E-state index in [1.807, 2.05) is 11.8 Å². The van der Waals surface area contributed by atoms with E-state index in [1.165, 1.54) is 37.0 Å². The minimum absolute atomic E-state index is 0.234. The molecule has 1 fully saturated rings. The van der Waals surface area contributed by atoms with Crippen molar-refractivity contribution in [2.75, 3.05) is 14.1 Å². The maximum atomic E-state index is 11.3. The van der Waals surface area contributed by atoms with Crippen LogP contribution < -0.4 is 4.74 Å². The van der Waals surface area contributed by atoms with Crippen LogP contribution in [0.3, 0.4) is 0 Å². The molecule has 1 heterocycles. The summed E-state index contributed by atoms with van der Waals surface area (Å²) in [6.45, 7) is 0. The van der Waals surface area contributed by atoms with Gasteiger partial charge in [0.2, 0.25) is 0 Å². The molecule has 1 aliphatic carbocycles. The van der Waals surface area contributed by atoms with E-state index in [9.17, 15) is 4.79 Å². The van der Waals surface area contributed by atoms with E-state index in [0.29, 0.717) is 0 Å². The maximum absolute atomic E-state index is 11.3. The molecule has 0 atom stereocenters. The van der Waals surface area contributed by atoms with Crippen LogP contribution in [-0.2, 0) is 5.75 Å². The molecule has 1 amide bonds. The molecule has 0 aliphatic heterocycles. The zero-order valence-corrected chi connectivity index (χ0v) is 12.2. The van der Waals surface area contributed by atoms with Crippen LogP contribution in [0.1, 0.15) is 37.9 Å². The van der Waals surface area contributed by atoms with Crippen LogP contribution in [-0.4, -0.2) is 35.5 Å². The zero-order chi connectivity index (χ0) is 13.7. The normalized spacial score (nSPS) is 16.3. The lowest BCUT2D eigenvalue weighted by molar-refractivity contribution is 0.167. The van der Waals surface area contributed by atoms with Gasteiger partial charge in [-0.05, 0) is 18.0 Å². The lowest BCUT2D eigenvalue weighted by Crippen LogP contribution is -2.25. The Morgan fingerprint density at radius 3 is 2.89 bits per heavy atom. The van der Waals surface area contributed by atoms with Crippen molar-refractivity contribution < 1.29 is 14.1 Å². The Labute approximate surface area is 117 Å². The van der Waals surface area contributed by atoms with E-state index in [-0.39, 0.29) is 5.88 Å². The van der Waals surface area contributed by atoms with Gasteiger partial charge >= 0.3 is 6.09 Å². The number of amides is 1. The average molecular weight is 284 g/mol. The van der Waals surface area contributed by atoms with Gasteiger partial charge in [-0.3, -0.25) is 0 Å². The smallest absolute Gasteiger partial charge is 0.388 e. The Morgan fingerprint density at radius 2 is 2.21 bits per heavy atom. The van der Waals surface area contributed by atoms with Gasteiger partial charge in [0.05, 0.1) is 5.75 Å². The van der Waals surface area contributed by atoms with Gasteiger partial charge in [0.1, 0.15) is 0 Å². The van der Waals surface area contributed by atoms with E-state index in [2.05, 4.69) is 5.16 Å². The van der Waals surface area contributed by atoms with Crippen molar-refractivity contribution in [1.29, 1.82) is 0 Å². The molecule has 6 heteroatoms. The first kappa shape index (κ1) is 14.2. The standard InChI is InChI=1S/C13H20N2O3S/c1-15(2)13(16)17-12-8-10(18-14-12)9-19-11-6-4-3-5-7-11/h8,11H,3-7,9H2,1-2H3. The number of carbonyl (C=O) groups excluding carboxylic acids is 1. The summed E-state index contributed by atoms with van der Waals surface area (Å²) in [5.74, 6) is 1.78. The first-order chi connectivity index (χ1) is 9.15. The molecule has 5 nitrogen and oxygen atoms in total. The highest BCUT2D eigenvalue weighted by molar-refractivity contribution is 7.99. The number of carbonyl (C=O) groups is 1. The van der Waals surface area contributed by atoms with Gasteiger partial charge in [-0.2, -0.15) is 11.8 Å². The fourth-order valence-corrected chi connectivity index (χ4v) is 3.23. The molecule has 0 radical (unpaired) electrons. The average Bonchev–Trinajstić information content (AvgIpc) is 2.85. The van der Waals surface area contributed by atoms with Gasteiger partial charge in [0.25, 0.3) is 5.88 Å². The van der Waals surface area contributed by atoms with Gasteiger partial charge < -0.3 is 14.2 Å². The fraction of sp³-hybridized carbons (Fsp3) is 0.692. The Balaban J connectivity index is 1.78. The van der Waals surface area contributed by atoms with E-state index in [4.69, 9.17) is 9.26 Å². The first-order valence-electron chi connectivity index (χ1n) is 6.61. The minimum Gasteiger partial charge on any atom is -0.388 e. The largest absolute Gasteiger partial charge is 0.416 e. The minimum atomic E-state index is -0.445. The molecule has 0 saturated heterocycles. The number of hydrogen-bond acceptors (Lipinski definition) is 5. The second-order valence-electron chi connectivity index (χ2n) is 4.96. The Hall–Kier alpha value is -1.17. The van der Waals surface area contributed by atoms with Crippen LogP contribution in [0, 0.1) is 0 Å². The Kier molecular flexibility index (Phi) is 5.13. The van der Waals surface area contributed by atoms with Gasteiger partial charge in [-0.1, -0.05) is 19.3 Å². The van der Waals surface area contributed by atoms with Crippen molar-refractivity contribution in [2.24, 2.45) is 0 Å². The highest BCUT2D eigenvalue weighted by Crippen LogP contribution is 2.31. The molecular formula is C13H20N2O3S. The number of nitrogens with zero attached hydrogens (tertiary/aromatic N) is 2. The van der Waals surface area contributed by atoms with Crippen molar-refractivity contribution in [1.82, 2.24) is 10.1 Å². The molecule has 2 rings (SSSR count). The number of rotatable bonds is 4. The summed E-state index contributed by atoms with van der Waals surface area (Å²) in [6.07, 6.45) is 6.17. The molecule has 0 bridgehead atoms. The van der Waals surface area contributed by atoms with E-state index in [0.717, 1.165) is 16.8 Å². The second-order valence-corrected chi connectivity index (χ2v) is 6.25. The van der Waals surface area contributed by atoms with Crippen molar-refractivity contribution in [2.45, 2.75) is 43.1 Å². The van der Waals surface area contributed by atoms with Crippen LogP contribution in [0.5, 0.6) is 5.88 Å². The molecule has 1 aromatic rings. The third-order valence-electron chi connectivity index (χ3n) is 3.11. The maximum Gasteiger partial charge on any atom is 0.416 e. The van der Waals surface area contributed by atoms with Gasteiger partial charge in [0.15, 0.2) is 5.76 Å². The first-order valence-corrected chi connectivity index (χ1v) is 7.66. The highest BCUT2D eigenvalue weighted by Gasteiger charge is 2.16. The SMILES string of the molecule is CN(C)C(=O)Oc1cc(CSC2CCCCC2)on1. The molecule has 0 unspecified atom stereocenters. The molecule has 0 N–H and O–H groups in total. The van der Waals surface area contributed by atoms with Crippen LogP contribution in [0.25, 0.3) is 0 Å². The molecule has 1 saturated carbocycles. The van der Waals surface area contributed by atoms with E-state index >= 15 is 0 Å². The molecule has 0 aromatic carbocycles. The van der Waals surface area contributed by atoms with Crippen LogP contribution >= 0.6 is 11.8 Å².